The van der Waals surface area contributed by atoms with Crippen molar-refractivity contribution < 1.29 is 14.7 Å². The van der Waals surface area contributed by atoms with Crippen LogP contribution in [-0.4, -0.2) is 71.8 Å². The van der Waals surface area contributed by atoms with Crippen molar-refractivity contribution in [1.82, 2.24) is 25.8 Å². The quantitative estimate of drug-likeness (QED) is 0.492. The van der Waals surface area contributed by atoms with E-state index in [0.717, 1.165) is 49.2 Å². The van der Waals surface area contributed by atoms with Gasteiger partial charge in [0.15, 0.2) is 0 Å². The van der Waals surface area contributed by atoms with E-state index in [-0.39, 0.29) is 12.3 Å². The van der Waals surface area contributed by atoms with Gasteiger partial charge in [-0.2, -0.15) is 0 Å². The Morgan fingerprint density at radius 3 is 2.74 bits per heavy atom. The number of hydrogen-bond acceptors (Lipinski definition) is 4. The smallest absolute Gasteiger partial charge is 0.405 e. The summed E-state index contributed by atoms with van der Waals surface area (Å²) < 4.78 is 0. The van der Waals surface area contributed by atoms with Gasteiger partial charge in [-0.3, -0.25) is 9.69 Å². The minimum absolute atomic E-state index is 0.267. The standard InChI is InChI=1S/C19H27N5O3/c1-19(23-18(26)27,12-14-13-22-16-5-3-2-4-15(14)16)17(25)21-8-11-24-9-6-20-7-10-24/h2-5,13,20,22-23H,6-12H2,1H3,(H,21,25)(H,26,27). The molecule has 3 rings (SSSR count). The van der Waals surface area contributed by atoms with Crippen LogP contribution in [0.25, 0.3) is 10.9 Å². The molecule has 2 amide bonds. The maximum atomic E-state index is 12.8. The van der Waals surface area contributed by atoms with E-state index in [9.17, 15) is 14.7 Å². The summed E-state index contributed by atoms with van der Waals surface area (Å²) in [4.78, 5) is 29.6. The number of amides is 2. The molecular formula is C19H27N5O3. The number of piperazine rings is 1. The van der Waals surface area contributed by atoms with Crippen LogP contribution in [0.2, 0.25) is 0 Å². The number of nitrogens with zero attached hydrogens (tertiary/aromatic N) is 1. The van der Waals surface area contributed by atoms with Gasteiger partial charge in [-0.25, -0.2) is 4.79 Å². The number of hydrogen-bond donors (Lipinski definition) is 5. The Bertz CT molecular complexity index is 799. The van der Waals surface area contributed by atoms with Crippen LogP contribution in [0.15, 0.2) is 30.5 Å². The third-order valence-corrected chi connectivity index (χ3v) is 5.03. The van der Waals surface area contributed by atoms with Crippen LogP contribution in [0.4, 0.5) is 4.79 Å². The maximum absolute atomic E-state index is 12.8. The summed E-state index contributed by atoms with van der Waals surface area (Å²) in [6.07, 6.45) is 0.887. The fourth-order valence-corrected chi connectivity index (χ4v) is 3.53. The predicted octanol–water partition coefficient (Wildman–Crippen LogP) is 0.758. The SMILES string of the molecule is CC(Cc1c[nH]c2ccccc12)(NC(=O)O)C(=O)NCCN1CCNCC1. The average molecular weight is 373 g/mol. The van der Waals surface area contributed by atoms with Gasteiger partial charge in [0, 0.05) is 62.8 Å². The van der Waals surface area contributed by atoms with E-state index in [1.807, 2.05) is 30.5 Å². The number of aromatic amines is 1. The van der Waals surface area contributed by atoms with Crippen molar-refractivity contribution >= 4 is 22.9 Å². The molecule has 0 bridgehead atoms. The topological polar surface area (TPSA) is 109 Å². The Morgan fingerprint density at radius 2 is 2.00 bits per heavy atom. The summed E-state index contributed by atoms with van der Waals surface area (Å²) in [5, 5.41) is 18.9. The molecule has 8 heteroatoms. The predicted molar refractivity (Wildman–Crippen MR) is 104 cm³/mol. The molecule has 5 N–H and O–H groups in total. The average Bonchev–Trinajstić information content (AvgIpc) is 3.04. The van der Waals surface area contributed by atoms with Gasteiger partial charge in [-0.15, -0.1) is 0 Å². The molecule has 1 unspecified atom stereocenters. The van der Waals surface area contributed by atoms with Crippen LogP contribution in [0, 0.1) is 0 Å². The van der Waals surface area contributed by atoms with Gasteiger partial charge in [0.1, 0.15) is 5.54 Å². The zero-order chi connectivity index (χ0) is 19.3. The molecule has 146 valence electrons. The van der Waals surface area contributed by atoms with Crippen molar-refractivity contribution in [3.05, 3.63) is 36.0 Å². The van der Waals surface area contributed by atoms with Crippen molar-refractivity contribution in [2.24, 2.45) is 0 Å². The third-order valence-electron chi connectivity index (χ3n) is 5.03. The number of nitrogens with one attached hydrogen (secondary N) is 4. The highest BCUT2D eigenvalue weighted by atomic mass is 16.4. The first-order valence-corrected chi connectivity index (χ1v) is 9.25. The Labute approximate surface area is 158 Å². The number of carboxylic acid groups (broad SMARTS) is 1. The zero-order valence-corrected chi connectivity index (χ0v) is 15.5. The molecule has 2 aromatic rings. The number of fused-ring (bicyclic) bond motifs is 1. The third kappa shape index (κ3) is 4.78. The molecule has 1 atom stereocenters. The normalized spacial score (nSPS) is 17.4. The number of para-hydroxylation sites is 1. The van der Waals surface area contributed by atoms with Gasteiger partial charge in [0.05, 0.1) is 0 Å². The zero-order valence-electron chi connectivity index (χ0n) is 15.5. The monoisotopic (exact) mass is 373 g/mol. The Balaban J connectivity index is 1.67. The lowest BCUT2D eigenvalue weighted by Crippen LogP contribution is -2.58. The number of carbonyl (C=O) groups is 2. The lowest BCUT2D eigenvalue weighted by Gasteiger charge is -2.30. The molecule has 1 saturated heterocycles. The van der Waals surface area contributed by atoms with Gasteiger partial charge in [0.2, 0.25) is 5.91 Å². The molecule has 0 aliphatic carbocycles. The van der Waals surface area contributed by atoms with Crippen LogP contribution in [0.5, 0.6) is 0 Å². The number of carbonyl (C=O) groups excluding carboxylic acids is 1. The summed E-state index contributed by atoms with van der Waals surface area (Å²) in [7, 11) is 0. The number of rotatable bonds is 7. The Morgan fingerprint density at radius 1 is 1.26 bits per heavy atom. The lowest BCUT2D eigenvalue weighted by molar-refractivity contribution is -0.126. The number of aromatic nitrogens is 1. The van der Waals surface area contributed by atoms with E-state index in [1.54, 1.807) is 6.92 Å². The number of benzene rings is 1. The molecule has 2 heterocycles. The molecule has 27 heavy (non-hydrogen) atoms. The fraction of sp³-hybridized carbons (Fsp3) is 0.474. The fourth-order valence-electron chi connectivity index (χ4n) is 3.53. The van der Waals surface area contributed by atoms with Crippen LogP contribution >= 0.6 is 0 Å². The van der Waals surface area contributed by atoms with Gasteiger partial charge in [0.25, 0.3) is 0 Å². The van der Waals surface area contributed by atoms with Crippen molar-refractivity contribution in [3.8, 4) is 0 Å². The summed E-state index contributed by atoms with van der Waals surface area (Å²) in [6, 6.07) is 7.77. The molecule has 1 aliphatic rings. The molecule has 0 spiro atoms. The van der Waals surface area contributed by atoms with Crippen molar-refractivity contribution in [2.75, 3.05) is 39.3 Å². The molecule has 8 nitrogen and oxygen atoms in total. The second-order valence-electron chi connectivity index (χ2n) is 7.15. The second kappa shape index (κ2) is 8.41. The van der Waals surface area contributed by atoms with E-state index in [4.69, 9.17) is 0 Å². The lowest BCUT2D eigenvalue weighted by atomic mass is 9.91. The van der Waals surface area contributed by atoms with Crippen LogP contribution in [0.1, 0.15) is 12.5 Å². The molecule has 1 aromatic carbocycles. The Kier molecular flexibility index (Phi) is 5.98. The van der Waals surface area contributed by atoms with Gasteiger partial charge < -0.3 is 26.0 Å². The highest BCUT2D eigenvalue weighted by Crippen LogP contribution is 2.22. The summed E-state index contributed by atoms with van der Waals surface area (Å²) >= 11 is 0. The van der Waals surface area contributed by atoms with Gasteiger partial charge >= 0.3 is 6.09 Å². The van der Waals surface area contributed by atoms with Crippen LogP contribution in [0.3, 0.4) is 0 Å². The summed E-state index contributed by atoms with van der Waals surface area (Å²) in [5.74, 6) is -0.315. The van der Waals surface area contributed by atoms with E-state index < -0.39 is 11.6 Å². The number of H-pyrrole nitrogens is 1. The molecule has 0 saturated carbocycles. The van der Waals surface area contributed by atoms with Crippen molar-refractivity contribution in [2.45, 2.75) is 18.9 Å². The minimum atomic E-state index is -1.25. The molecule has 1 fully saturated rings. The highest BCUT2D eigenvalue weighted by molar-refractivity contribution is 5.91. The summed E-state index contributed by atoms with van der Waals surface area (Å²) in [6.45, 7) is 6.68. The maximum Gasteiger partial charge on any atom is 0.405 e. The highest BCUT2D eigenvalue weighted by Gasteiger charge is 2.35. The largest absolute Gasteiger partial charge is 0.465 e. The van der Waals surface area contributed by atoms with Crippen LogP contribution in [-0.2, 0) is 11.2 Å². The summed E-state index contributed by atoms with van der Waals surface area (Å²) in [5.41, 5.74) is 0.615. The van der Waals surface area contributed by atoms with E-state index >= 15 is 0 Å². The molecule has 1 aliphatic heterocycles. The first kappa shape index (κ1) is 19.2. The van der Waals surface area contributed by atoms with E-state index in [0.29, 0.717) is 6.54 Å². The molecule has 0 radical (unpaired) electrons. The van der Waals surface area contributed by atoms with E-state index in [2.05, 4.69) is 25.8 Å². The van der Waals surface area contributed by atoms with Gasteiger partial charge in [-0.1, -0.05) is 18.2 Å². The van der Waals surface area contributed by atoms with Crippen LogP contribution < -0.4 is 16.0 Å². The second-order valence-corrected chi connectivity index (χ2v) is 7.15. The molecular weight excluding hydrogens is 346 g/mol. The molecule has 1 aromatic heterocycles. The van der Waals surface area contributed by atoms with Crippen molar-refractivity contribution in [3.63, 3.8) is 0 Å². The van der Waals surface area contributed by atoms with Gasteiger partial charge in [-0.05, 0) is 18.6 Å². The Hall–Kier alpha value is -2.58. The minimum Gasteiger partial charge on any atom is -0.465 e. The first-order valence-electron chi connectivity index (χ1n) is 9.25. The van der Waals surface area contributed by atoms with Crippen molar-refractivity contribution in [1.29, 1.82) is 0 Å². The first-order chi connectivity index (χ1) is 13.0. The van der Waals surface area contributed by atoms with E-state index in [1.165, 1.54) is 0 Å².